The molecule has 2 aromatic carbocycles. The van der Waals surface area contributed by atoms with Crippen LogP contribution in [-0.4, -0.2) is 60.9 Å². The second kappa shape index (κ2) is 9.81. The van der Waals surface area contributed by atoms with E-state index in [2.05, 4.69) is 88.0 Å². The first-order valence-corrected chi connectivity index (χ1v) is 12.6. The number of rotatable bonds is 4. The third kappa shape index (κ3) is 5.45. The fraction of sp³-hybridized carbons (Fsp3) is 0.517. The quantitative estimate of drug-likeness (QED) is 0.667. The lowest BCUT2D eigenvalue weighted by molar-refractivity contribution is -0.136. The molecule has 5 nitrogen and oxygen atoms in total. The van der Waals surface area contributed by atoms with E-state index in [9.17, 15) is 9.59 Å². The molecule has 2 aromatic rings. The van der Waals surface area contributed by atoms with Crippen molar-refractivity contribution in [1.29, 1.82) is 0 Å². The normalized spacial score (nSPS) is 21.1. The molecule has 2 saturated heterocycles. The van der Waals surface area contributed by atoms with Crippen LogP contribution in [0.25, 0.3) is 0 Å². The first-order valence-electron chi connectivity index (χ1n) is 12.6. The Balaban J connectivity index is 1.49. The summed E-state index contributed by atoms with van der Waals surface area (Å²) in [5.41, 5.74) is 4.83. The minimum absolute atomic E-state index is 0.0476. The molecule has 2 heterocycles. The summed E-state index contributed by atoms with van der Waals surface area (Å²) in [6.07, 6.45) is 0.504. The molecule has 0 spiro atoms. The van der Waals surface area contributed by atoms with Crippen molar-refractivity contribution in [3.05, 3.63) is 65.2 Å². The van der Waals surface area contributed by atoms with Gasteiger partial charge in [0.25, 0.3) is 0 Å². The monoisotopic (exact) mass is 461 g/mol. The van der Waals surface area contributed by atoms with Crippen LogP contribution in [0.5, 0.6) is 0 Å². The Morgan fingerprint density at radius 1 is 0.853 bits per heavy atom. The number of piperazine rings is 1. The van der Waals surface area contributed by atoms with E-state index in [1.165, 1.54) is 16.8 Å². The predicted molar refractivity (Wildman–Crippen MR) is 138 cm³/mol. The number of nitrogens with zero attached hydrogens (tertiary/aromatic N) is 3. The van der Waals surface area contributed by atoms with Crippen molar-refractivity contribution < 1.29 is 9.59 Å². The molecule has 2 amide bonds. The summed E-state index contributed by atoms with van der Waals surface area (Å²) in [7, 11) is 0. The smallest absolute Gasteiger partial charge is 0.228 e. The number of hydrogen-bond donors (Lipinski definition) is 0. The van der Waals surface area contributed by atoms with Crippen molar-refractivity contribution in [2.24, 2.45) is 11.3 Å². The molecule has 2 unspecified atom stereocenters. The Morgan fingerprint density at radius 3 is 2.12 bits per heavy atom. The van der Waals surface area contributed by atoms with E-state index in [1.54, 1.807) is 0 Å². The lowest BCUT2D eigenvalue weighted by atomic mass is 9.87. The van der Waals surface area contributed by atoms with Crippen LogP contribution >= 0.6 is 0 Å². The van der Waals surface area contributed by atoms with Crippen LogP contribution in [0, 0.1) is 25.2 Å². The molecule has 0 N–H and O–H groups in total. The van der Waals surface area contributed by atoms with Crippen molar-refractivity contribution in [2.75, 3.05) is 44.2 Å². The number of likely N-dealkylation sites (tertiary alicyclic amines) is 1. The van der Waals surface area contributed by atoms with Crippen molar-refractivity contribution in [1.82, 2.24) is 9.80 Å². The highest BCUT2D eigenvalue weighted by atomic mass is 16.2. The van der Waals surface area contributed by atoms with Crippen LogP contribution in [0.15, 0.2) is 48.5 Å². The zero-order valence-corrected chi connectivity index (χ0v) is 21.4. The van der Waals surface area contributed by atoms with Crippen LogP contribution in [0.2, 0.25) is 0 Å². The maximum absolute atomic E-state index is 13.8. The fourth-order valence-electron chi connectivity index (χ4n) is 5.30. The number of para-hydroxylation sites is 1. The highest BCUT2D eigenvalue weighted by Crippen LogP contribution is 2.36. The van der Waals surface area contributed by atoms with Crippen LogP contribution in [0.1, 0.15) is 49.8 Å². The van der Waals surface area contributed by atoms with Crippen LogP contribution in [-0.2, 0) is 9.59 Å². The van der Waals surface area contributed by atoms with Crippen molar-refractivity contribution in [3.8, 4) is 0 Å². The van der Waals surface area contributed by atoms with Gasteiger partial charge in [-0.3, -0.25) is 9.59 Å². The third-order valence-electron chi connectivity index (χ3n) is 7.22. The third-order valence-corrected chi connectivity index (χ3v) is 7.22. The molecular formula is C29H39N3O2. The number of carbonyl (C=O) groups is 2. The first kappa shape index (κ1) is 24.3. The molecule has 2 fully saturated rings. The van der Waals surface area contributed by atoms with Gasteiger partial charge in [0.15, 0.2) is 0 Å². The summed E-state index contributed by atoms with van der Waals surface area (Å²) in [5.74, 6) is 0.216. The second-order valence-electron chi connectivity index (χ2n) is 11.3. The zero-order chi connectivity index (χ0) is 24.5. The number of anilines is 1. The van der Waals surface area contributed by atoms with E-state index in [1.807, 2.05) is 9.80 Å². The average Bonchev–Trinajstić information content (AvgIpc) is 3.24. The van der Waals surface area contributed by atoms with Gasteiger partial charge in [-0.2, -0.15) is 0 Å². The molecule has 0 aromatic heterocycles. The maximum atomic E-state index is 13.8. The minimum atomic E-state index is -0.184. The summed E-state index contributed by atoms with van der Waals surface area (Å²) in [5, 5.41) is 0. The molecular weight excluding hydrogens is 422 g/mol. The summed E-state index contributed by atoms with van der Waals surface area (Å²) in [6, 6.07) is 16.9. The van der Waals surface area contributed by atoms with E-state index in [4.69, 9.17) is 0 Å². The minimum Gasteiger partial charge on any atom is -0.368 e. The van der Waals surface area contributed by atoms with Crippen molar-refractivity contribution >= 4 is 17.5 Å². The average molecular weight is 462 g/mol. The van der Waals surface area contributed by atoms with Gasteiger partial charge in [0.2, 0.25) is 11.8 Å². The molecule has 2 aliphatic heterocycles. The summed E-state index contributed by atoms with van der Waals surface area (Å²) in [6.45, 7) is 14.8. The van der Waals surface area contributed by atoms with Gasteiger partial charge >= 0.3 is 0 Å². The summed E-state index contributed by atoms with van der Waals surface area (Å²) < 4.78 is 0. The van der Waals surface area contributed by atoms with Crippen LogP contribution in [0.4, 0.5) is 5.69 Å². The molecule has 2 aliphatic rings. The number of aryl methyl sites for hydroxylation is 2. The molecule has 5 heteroatoms. The lowest BCUT2D eigenvalue weighted by Gasteiger charge is -2.38. The molecule has 0 saturated carbocycles. The number of amides is 2. The molecule has 0 bridgehead atoms. The summed E-state index contributed by atoms with van der Waals surface area (Å²) in [4.78, 5) is 33.2. The first-order chi connectivity index (χ1) is 16.1. The Bertz CT molecular complexity index is 1020. The van der Waals surface area contributed by atoms with Gasteiger partial charge in [0, 0.05) is 57.3 Å². The van der Waals surface area contributed by atoms with Gasteiger partial charge in [0.1, 0.15) is 0 Å². The molecule has 0 aliphatic carbocycles. The molecule has 2 atom stereocenters. The second-order valence-corrected chi connectivity index (χ2v) is 11.3. The highest BCUT2D eigenvalue weighted by molar-refractivity contribution is 5.84. The van der Waals surface area contributed by atoms with Gasteiger partial charge in [-0.1, -0.05) is 68.8 Å². The topological polar surface area (TPSA) is 43.9 Å². The fourth-order valence-corrected chi connectivity index (χ4v) is 5.30. The number of benzene rings is 2. The van der Waals surface area contributed by atoms with Crippen LogP contribution < -0.4 is 4.90 Å². The predicted octanol–water partition coefficient (Wildman–Crippen LogP) is 4.63. The molecule has 34 heavy (non-hydrogen) atoms. The van der Waals surface area contributed by atoms with E-state index < -0.39 is 0 Å². The molecule has 0 radical (unpaired) electrons. The largest absolute Gasteiger partial charge is 0.368 e. The Hall–Kier alpha value is -2.82. The standard InChI is InChI=1S/C29H39N3O2/c1-21-10-12-23(13-11-21)24-19-32(27(33)18-29(3,4)5)20-25(24)28(34)31-16-14-30(15-17-31)26-9-7-6-8-22(26)2/h6-13,24-25H,14-20H2,1-5H3. The Labute approximate surface area is 204 Å². The summed E-state index contributed by atoms with van der Waals surface area (Å²) >= 11 is 0. The SMILES string of the molecule is Cc1ccc(C2CN(C(=O)CC(C)(C)C)CC2C(=O)N2CCN(c3ccccc3C)CC2)cc1. The van der Waals surface area contributed by atoms with Crippen molar-refractivity contribution in [3.63, 3.8) is 0 Å². The van der Waals surface area contributed by atoms with Gasteiger partial charge < -0.3 is 14.7 Å². The number of carbonyl (C=O) groups excluding carboxylic acids is 2. The lowest BCUT2D eigenvalue weighted by Crippen LogP contribution is -2.51. The Kier molecular flexibility index (Phi) is 7.01. The van der Waals surface area contributed by atoms with E-state index >= 15 is 0 Å². The van der Waals surface area contributed by atoms with Gasteiger partial charge in [0.05, 0.1) is 5.92 Å². The number of hydrogen-bond acceptors (Lipinski definition) is 3. The Morgan fingerprint density at radius 2 is 1.50 bits per heavy atom. The maximum Gasteiger partial charge on any atom is 0.228 e. The van der Waals surface area contributed by atoms with Gasteiger partial charge in [-0.15, -0.1) is 0 Å². The zero-order valence-electron chi connectivity index (χ0n) is 21.4. The van der Waals surface area contributed by atoms with E-state index in [0.29, 0.717) is 19.5 Å². The highest BCUT2D eigenvalue weighted by Gasteiger charge is 2.42. The van der Waals surface area contributed by atoms with Gasteiger partial charge in [-0.25, -0.2) is 0 Å². The van der Waals surface area contributed by atoms with E-state index in [-0.39, 0.29) is 29.1 Å². The molecule has 4 rings (SSSR count). The van der Waals surface area contributed by atoms with E-state index in [0.717, 1.165) is 31.7 Å². The van der Waals surface area contributed by atoms with Gasteiger partial charge in [-0.05, 0) is 36.5 Å². The van der Waals surface area contributed by atoms with Crippen LogP contribution in [0.3, 0.4) is 0 Å². The van der Waals surface area contributed by atoms with Crippen molar-refractivity contribution in [2.45, 2.75) is 47.0 Å². The molecule has 182 valence electrons.